The molecule has 0 bridgehead atoms. The molecule has 0 saturated carbocycles. The lowest BCUT2D eigenvalue weighted by atomic mass is 10.0. The Morgan fingerprint density at radius 3 is 2.62 bits per heavy atom. The summed E-state index contributed by atoms with van der Waals surface area (Å²) >= 11 is 0. The zero-order chi connectivity index (χ0) is 21.0. The topological polar surface area (TPSA) is 114 Å². The minimum atomic E-state index is -3.80. The summed E-state index contributed by atoms with van der Waals surface area (Å²) in [5, 5.41) is 15.9. The number of rotatable bonds is 7. The second-order valence-electron chi connectivity index (χ2n) is 6.29. The van der Waals surface area contributed by atoms with E-state index in [2.05, 4.69) is 10.5 Å². The van der Waals surface area contributed by atoms with Crippen LogP contribution in [0.4, 0.5) is 11.4 Å². The van der Waals surface area contributed by atoms with Crippen LogP contribution in [0.25, 0.3) is 0 Å². The van der Waals surface area contributed by atoms with E-state index in [1.807, 2.05) is 24.3 Å². The van der Waals surface area contributed by atoms with Gasteiger partial charge in [0.2, 0.25) is 10.0 Å². The van der Waals surface area contributed by atoms with Gasteiger partial charge in [0.25, 0.3) is 5.69 Å². The average molecular weight is 418 g/mol. The van der Waals surface area contributed by atoms with Crippen molar-refractivity contribution in [2.45, 2.75) is 25.2 Å². The van der Waals surface area contributed by atoms with Crippen molar-refractivity contribution in [3.63, 3.8) is 0 Å². The summed E-state index contributed by atoms with van der Waals surface area (Å²) in [4.78, 5) is 10.8. The molecule has 1 N–H and O–H groups in total. The molecule has 2 aromatic carbocycles. The van der Waals surface area contributed by atoms with Crippen molar-refractivity contribution in [2.24, 2.45) is 5.10 Å². The summed E-state index contributed by atoms with van der Waals surface area (Å²) in [6.07, 6.45) is 0.548. The lowest BCUT2D eigenvalue weighted by Gasteiger charge is -2.19. The molecule has 2 aromatic rings. The Bertz CT molecular complexity index is 1050. The molecule has 0 radical (unpaired) electrons. The highest BCUT2D eigenvalue weighted by atomic mass is 32.2. The quantitative estimate of drug-likeness (QED) is 0.545. The van der Waals surface area contributed by atoms with Crippen LogP contribution in [-0.2, 0) is 10.0 Å². The summed E-state index contributed by atoms with van der Waals surface area (Å²) in [7, 11) is -3.80. The fourth-order valence-corrected chi connectivity index (χ4v) is 4.58. The standard InChI is InChI=1S/C19H22N4O5S/c1-3-22(4-2)29(26,27)14-9-10-17(18(13-14)23(24)25)21-20-16-11-12-28-19-8-6-5-7-15(16)19/h5-10,13,21H,3-4,11-12H2,1-2H3. The molecule has 0 aromatic heterocycles. The first-order chi connectivity index (χ1) is 13.9. The van der Waals surface area contributed by atoms with Gasteiger partial charge >= 0.3 is 0 Å². The van der Waals surface area contributed by atoms with Crippen LogP contribution >= 0.6 is 0 Å². The van der Waals surface area contributed by atoms with E-state index in [4.69, 9.17) is 4.74 Å². The largest absolute Gasteiger partial charge is 0.492 e. The third kappa shape index (κ3) is 4.22. The van der Waals surface area contributed by atoms with E-state index in [-0.39, 0.29) is 29.4 Å². The summed E-state index contributed by atoms with van der Waals surface area (Å²) in [5.74, 6) is 0.703. The van der Waals surface area contributed by atoms with Gasteiger partial charge in [-0.2, -0.15) is 9.41 Å². The number of hydrazone groups is 1. The Balaban J connectivity index is 1.95. The van der Waals surface area contributed by atoms with Crippen LogP contribution in [0.1, 0.15) is 25.8 Å². The molecular weight excluding hydrogens is 396 g/mol. The molecule has 10 heteroatoms. The molecule has 0 fully saturated rings. The van der Waals surface area contributed by atoms with E-state index in [9.17, 15) is 18.5 Å². The number of ether oxygens (including phenoxy) is 1. The van der Waals surface area contributed by atoms with Gasteiger partial charge in [0.1, 0.15) is 11.4 Å². The summed E-state index contributed by atoms with van der Waals surface area (Å²) < 4.78 is 32.2. The fraction of sp³-hybridized carbons (Fsp3) is 0.316. The maximum absolute atomic E-state index is 12.7. The maximum atomic E-state index is 12.7. The first-order valence-electron chi connectivity index (χ1n) is 9.21. The lowest BCUT2D eigenvalue weighted by molar-refractivity contribution is -0.384. The SMILES string of the molecule is CCN(CC)S(=O)(=O)c1ccc(NN=C2CCOc3ccccc32)c([N+](=O)[O-])c1. The highest BCUT2D eigenvalue weighted by molar-refractivity contribution is 7.89. The molecule has 0 atom stereocenters. The zero-order valence-electron chi connectivity index (χ0n) is 16.2. The Labute approximate surface area is 169 Å². The fourth-order valence-electron chi connectivity index (χ4n) is 3.10. The van der Waals surface area contributed by atoms with Gasteiger partial charge in [-0.3, -0.25) is 15.5 Å². The molecule has 1 aliphatic rings. The van der Waals surface area contributed by atoms with Crippen molar-refractivity contribution in [3.8, 4) is 5.75 Å². The van der Waals surface area contributed by atoms with E-state index >= 15 is 0 Å². The number of fused-ring (bicyclic) bond motifs is 1. The summed E-state index contributed by atoms with van der Waals surface area (Å²) in [6, 6.07) is 11.2. The number of nitro benzene ring substituents is 1. The number of para-hydroxylation sites is 1. The first kappa shape index (κ1) is 20.7. The van der Waals surface area contributed by atoms with Crippen molar-refractivity contribution in [3.05, 3.63) is 58.1 Å². The monoisotopic (exact) mass is 418 g/mol. The molecule has 0 unspecified atom stereocenters. The molecule has 1 heterocycles. The number of nitro groups is 1. The van der Waals surface area contributed by atoms with Crippen molar-refractivity contribution in [2.75, 3.05) is 25.1 Å². The maximum Gasteiger partial charge on any atom is 0.295 e. The minimum absolute atomic E-state index is 0.116. The van der Waals surface area contributed by atoms with Crippen LogP contribution < -0.4 is 10.2 Å². The van der Waals surface area contributed by atoms with Gasteiger partial charge in [0, 0.05) is 31.1 Å². The lowest BCUT2D eigenvalue weighted by Crippen LogP contribution is -2.30. The molecule has 9 nitrogen and oxygen atoms in total. The average Bonchev–Trinajstić information content (AvgIpc) is 2.72. The van der Waals surface area contributed by atoms with Crippen LogP contribution in [0.2, 0.25) is 0 Å². The highest BCUT2D eigenvalue weighted by Crippen LogP contribution is 2.30. The predicted molar refractivity (Wildman–Crippen MR) is 110 cm³/mol. The third-order valence-corrected chi connectivity index (χ3v) is 6.66. The molecule has 1 aliphatic heterocycles. The van der Waals surface area contributed by atoms with Gasteiger partial charge < -0.3 is 4.74 Å². The van der Waals surface area contributed by atoms with Crippen LogP contribution in [0.5, 0.6) is 5.75 Å². The van der Waals surface area contributed by atoms with Crippen molar-refractivity contribution in [1.82, 2.24) is 4.31 Å². The molecule has 0 spiro atoms. The Morgan fingerprint density at radius 2 is 1.93 bits per heavy atom. The number of benzene rings is 2. The van der Waals surface area contributed by atoms with Crippen molar-refractivity contribution >= 4 is 27.1 Å². The zero-order valence-corrected chi connectivity index (χ0v) is 17.0. The number of sulfonamides is 1. The van der Waals surface area contributed by atoms with Crippen LogP contribution in [0.3, 0.4) is 0 Å². The van der Waals surface area contributed by atoms with Gasteiger partial charge in [-0.25, -0.2) is 8.42 Å². The molecular formula is C19H22N4O5S. The molecule has 0 saturated heterocycles. The van der Waals surface area contributed by atoms with E-state index in [0.29, 0.717) is 24.5 Å². The molecule has 3 rings (SSSR count). The Kier molecular flexibility index (Phi) is 6.14. The number of nitrogens with one attached hydrogen (secondary N) is 1. The predicted octanol–water partition coefficient (Wildman–Crippen LogP) is 3.22. The molecule has 29 heavy (non-hydrogen) atoms. The van der Waals surface area contributed by atoms with Gasteiger partial charge in [0.05, 0.1) is 22.1 Å². The Morgan fingerprint density at radius 1 is 1.21 bits per heavy atom. The van der Waals surface area contributed by atoms with Crippen molar-refractivity contribution < 1.29 is 18.1 Å². The number of anilines is 1. The van der Waals surface area contributed by atoms with E-state index < -0.39 is 14.9 Å². The summed E-state index contributed by atoms with van der Waals surface area (Å²) in [6.45, 7) is 4.45. The van der Waals surface area contributed by atoms with Crippen LogP contribution in [0, 0.1) is 10.1 Å². The minimum Gasteiger partial charge on any atom is -0.492 e. The van der Waals surface area contributed by atoms with E-state index in [0.717, 1.165) is 11.6 Å². The van der Waals surface area contributed by atoms with Crippen LogP contribution in [-0.4, -0.2) is 43.1 Å². The normalized spacial score (nSPS) is 15.1. The van der Waals surface area contributed by atoms with Gasteiger partial charge in [-0.15, -0.1) is 0 Å². The van der Waals surface area contributed by atoms with Gasteiger partial charge in [0.15, 0.2) is 0 Å². The van der Waals surface area contributed by atoms with Gasteiger partial charge in [-0.05, 0) is 24.3 Å². The number of hydrogen-bond donors (Lipinski definition) is 1. The summed E-state index contributed by atoms with van der Waals surface area (Å²) in [5.41, 5.74) is 4.00. The van der Waals surface area contributed by atoms with Crippen molar-refractivity contribution in [1.29, 1.82) is 0 Å². The second-order valence-corrected chi connectivity index (χ2v) is 8.23. The molecule has 0 amide bonds. The van der Waals surface area contributed by atoms with E-state index in [1.165, 1.54) is 16.4 Å². The molecule has 154 valence electrons. The second kappa shape index (κ2) is 8.58. The third-order valence-electron chi connectivity index (χ3n) is 4.61. The number of nitrogens with zero attached hydrogens (tertiary/aromatic N) is 3. The first-order valence-corrected chi connectivity index (χ1v) is 10.7. The highest BCUT2D eigenvalue weighted by Gasteiger charge is 2.26. The smallest absolute Gasteiger partial charge is 0.295 e. The molecule has 0 aliphatic carbocycles. The van der Waals surface area contributed by atoms with E-state index in [1.54, 1.807) is 13.8 Å². The Hall–Kier alpha value is -2.98. The van der Waals surface area contributed by atoms with Gasteiger partial charge in [-0.1, -0.05) is 26.0 Å². The number of hydrogen-bond acceptors (Lipinski definition) is 7. The van der Waals surface area contributed by atoms with Crippen LogP contribution in [0.15, 0.2) is 52.5 Å².